The number of benzene rings is 1. The minimum Gasteiger partial charge on any atom is -0.343 e. The molecule has 0 spiro atoms. The molecule has 1 aromatic carbocycles. The van der Waals surface area contributed by atoms with E-state index in [0.717, 1.165) is 11.1 Å². The Balaban J connectivity index is 2.01. The van der Waals surface area contributed by atoms with Gasteiger partial charge in [0.15, 0.2) is 0 Å². The number of nitrogens with zero attached hydrogens (tertiary/aromatic N) is 1. The Morgan fingerprint density at radius 3 is 2.41 bits per heavy atom. The van der Waals surface area contributed by atoms with Gasteiger partial charge >= 0.3 is 0 Å². The van der Waals surface area contributed by atoms with E-state index in [4.69, 9.17) is 0 Å². The quantitative estimate of drug-likeness (QED) is 0.921. The fraction of sp³-hybridized carbons (Fsp3) is 0.562. The van der Waals surface area contributed by atoms with E-state index in [1.165, 1.54) is 0 Å². The van der Waals surface area contributed by atoms with Crippen molar-refractivity contribution in [3.8, 4) is 0 Å². The molecular formula is C16H24N2O3S. The zero-order chi connectivity index (χ0) is 16.3. The molecule has 1 aromatic rings. The molecule has 1 saturated heterocycles. The average molecular weight is 324 g/mol. The van der Waals surface area contributed by atoms with E-state index in [0.29, 0.717) is 37.2 Å². The number of rotatable bonds is 4. The number of hydrogen-bond donors (Lipinski definition) is 1. The summed E-state index contributed by atoms with van der Waals surface area (Å²) in [6.45, 7) is 6.94. The number of amides is 1. The molecule has 1 aliphatic rings. The van der Waals surface area contributed by atoms with E-state index in [1.54, 1.807) is 17.0 Å². The van der Waals surface area contributed by atoms with E-state index in [-0.39, 0.29) is 11.9 Å². The van der Waals surface area contributed by atoms with Crippen molar-refractivity contribution < 1.29 is 13.2 Å². The SMILES string of the molecule is CCC(=O)N1CCC(NS(=O)(=O)c2ccc(C)c(C)c2)CC1. The van der Waals surface area contributed by atoms with Crippen molar-refractivity contribution >= 4 is 15.9 Å². The molecule has 1 amide bonds. The molecule has 0 aliphatic carbocycles. The van der Waals surface area contributed by atoms with Gasteiger partial charge < -0.3 is 4.90 Å². The van der Waals surface area contributed by atoms with Crippen molar-refractivity contribution in [3.05, 3.63) is 29.3 Å². The lowest BCUT2D eigenvalue weighted by atomic mass is 10.1. The average Bonchev–Trinajstić information content (AvgIpc) is 2.49. The Hall–Kier alpha value is -1.40. The lowest BCUT2D eigenvalue weighted by Crippen LogP contribution is -2.46. The molecule has 1 N–H and O–H groups in total. The van der Waals surface area contributed by atoms with Crippen LogP contribution in [-0.4, -0.2) is 38.4 Å². The van der Waals surface area contributed by atoms with Gasteiger partial charge in [0.05, 0.1) is 4.90 Å². The maximum absolute atomic E-state index is 12.4. The molecule has 0 aromatic heterocycles. The van der Waals surface area contributed by atoms with Gasteiger partial charge in [-0.1, -0.05) is 13.0 Å². The molecule has 1 fully saturated rings. The lowest BCUT2D eigenvalue weighted by molar-refractivity contribution is -0.131. The molecule has 1 heterocycles. The molecule has 22 heavy (non-hydrogen) atoms. The molecule has 1 aliphatic heterocycles. The molecule has 0 atom stereocenters. The second kappa shape index (κ2) is 6.79. The van der Waals surface area contributed by atoms with Gasteiger partial charge in [-0.3, -0.25) is 4.79 Å². The number of hydrogen-bond acceptors (Lipinski definition) is 3. The first kappa shape index (κ1) is 17.0. The van der Waals surface area contributed by atoms with Crippen molar-refractivity contribution in [2.24, 2.45) is 0 Å². The molecule has 0 bridgehead atoms. The normalized spacial score (nSPS) is 16.8. The monoisotopic (exact) mass is 324 g/mol. The van der Waals surface area contributed by atoms with Crippen molar-refractivity contribution in [2.75, 3.05) is 13.1 Å². The van der Waals surface area contributed by atoms with Crippen molar-refractivity contribution in [3.63, 3.8) is 0 Å². The minimum atomic E-state index is -3.50. The van der Waals surface area contributed by atoms with Crippen LogP contribution in [0.4, 0.5) is 0 Å². The Labute approximate surface area is 132 Å². The number of carbonyl (C=O) groups excluding carboxylic acids is 1. The highest BCUT2D eigenvalue weighted by Crippen LogP contribution is 2.18. The third-order valence-corrected chi connectivity index (χ3v) is 5.78. The standard InChI is InChI=1S/C16H24N2O3S/c1-4-16(19)18-9-7-14(8-10-18)17-22(20,21)15-6-5-12(2)13(3)11-15/h5-6,11,14,17H,4,7-10H2,1-3H3. The zero-order valence-corrected chi connectivity index (χ0v) is 14.2. The predicted octanol–water partition coefficient (Wildman–Crippen LogP) is 1.98. The van der Waals surface area contributed by atoms with Crippen LogP contribution in [0.15, 0.2) is 23.1 Å². The summed E-state index contributed by atoms with van der Waals surface area (Å²) in [4.78, 5) is 13.8. The fourth-order valence-electron chi connectivity index (χ4n) is 2.64. The van der Waals surface area contributed by atoms with E-state index in [1.807, 2.05) is 26.8 Å². The van der Waals surface area contributed by atoms with Gasteiger partial charge in [0.25, 0.3) is 0 Å². The summed E-state index contributed by atoms with van der Waals surface area (Å²) >= 11 is 0. The fourth-order valence-corrected chi connectivity index (χ4v) is 4.03. The van der Waals surface area contributed by atoms with E-state index >= 15 is 0 Å². The zero-order valence-electron chi connectivity index (χ0n) is 13.4. The van der Waals surface area contributed by atoms with E-state index in [2.05, 4.69) is 4.72 Å². The van der Waals surface area contributed by atoms with Crippen LogP contribution >= 0.6 is 0 Å². The Morgan fingerprint density at radius 1 is 1.23 bits per heavy atom. The van der Waals surface area contributed by atoms with Crippen LogP contribution in [-0.2, 0) is 14.8 Å². The molecule has 2 rings (SSSR count). The molecule has 0 saturated carbocycles. The maximum atomic E-state index is 12.4. The van der Waals surface area contributed by atoms with Crippen molar-refractivity contribution in [1.82, 2.24) is 9.62 Å². The van der Waals surface area contributed by atoms with Crippen LogP contribution in [0, 0.1) is 13.8 Å². The summed E-state index contributed by atoms with van der Waals surface area (Å²) < 4.78 is 27.7. The minimum absolute atomic E-state index is 0.104. The summed E-state index contributed by atoms with van der Waals surface area (Å²) in [5.41, 5.74) is 2.04. The first-order valence-corrected chi connectivity index (χ1v) is 9.19. The summed E-state index contributed by atoms with van der Waals surface area (Å²) in [6.07, 6.45) is 1.82. The lowest BCUT2D eigenvalue weighted by Gasteiger charge is -2.32. The van der Waals surface area contributed by atoms with E-state index in [9.17, 15) is 13.2 Å². The van der Waals surface area contributed by atoms with Gasteiger partial charge in [0, 0.05) is 25.6 Å². The van der Waals surface area contributed by atoms with Gasteiger partial charge in [0.1, 0.15) is 0 Å². The van der Waals surface area contributed by atoms with Crippen LogP contribution in [0.1, 0.15) is 37.3 Å². The highest BCUT2D eigenvalue weighted by molar-refractivity contribution is 7.89. The Bertz CT molecular complexity index is 647. The maximum Gasteiger partial charge on any atom is 0.240 e. The van der Waals surface area contributed by atoms with Crippen molar-refractivity contribution in [1.29, 1.82) is 0 Å². The van der Waals surface area contributed by atoms with Crippen LogP contribution < -0.4 is 4.72 Å². The van der Waals surface area contributed by atoms with Gasteiger partial charge in [0.2, 0.25) is 15.9 Å². The highest BCUT2D eigenvalue weighted by atomic mass is 32.2. The summed E-state index contributed by atoms with van der Waals surface area (Å²) in [5, 5.41) is 0. The smallest absolute Gasteiger partial charge is 0.240 e. The number of nitrogens with one attached hydrogen (secondary N) is 1. The van der Waals surface area contributed by atoms with E-state index < -0.39 is 10.0 Å². The molecule has 6 heteroatoms. The third kappa shape index (κ3) is 3.87. The van der Waals surface area contributed by atoms with Crippen LogP contribution in [0.3, 0.4) is 0 Å². The second-order valence-electron chi connectivity index (χ2n) is 5.88. The Morgan fingerprint density at radius 2 is 1.86 bits per heavy atom. The predicted molar refractivity (Wildman–Crippen MR) is 86.1 cm³/mol. The molecule has 0 unspecified atom stereocenters. The molecule has 122 valence electrons. The first-order chi connectivity index (χ1) is 10.3. The third-order valence-electron chi connectivity index (χ3n) is 4.26. The van der Waals surface area contributed by atoms with Crippen LogP contribution in [0.2, 0.25) is 0 Å². The van der Waals surface area contributed by atoms with Gasteiger partial charge in [-0.05, 0) is 49.9 Å². The number of piperidine rings is 1. The molecule has 0 radical (unpaired) electrons. The van der Waals surface area contributed by atoms with Gasteiger partial charge in [-0.25, -0.2) is 13.1 Å². The van der Waals surface area contributed by atoms with Crippen LogP contribution in [0.25, 0.3) is 0 Å². The Kier molecular flexibility index (Phi) is 5.24. The first-order valence-electron chi connectivity index (χ1n) is 7.71. The second-order valence-corrected chi connectivity index (χ2v) is 7.59. The van der Waals surface area contributed by atoms with Gasteiger partial charge in [-0.2, -0.15) is 0 Å². The topological polar surface area (TPSA) is 66.5 Å². The number of likely N-dealkylation sites (tertiary alicyclic amines) is 1. The number of aryl methyl sites for hydroxylation is 2. The molecular weight excluding hydrogens is 300 g/mol. The van der Waals surface area contributed by atoms with Crippen molar-refractivity contribution in [2.45, 2.75) is 51.0 Å². The van der Waals surface area contributed by atoms with Gasteiger partial charge in [-0.15, -0.1) is 0 Å². The summed E-state index contributed by atoms with van der Waals surface area (Å²) in [7, 11) is -3.50. The summed E-state index contributed by atoms with van der Waals surface area (Å²) in [6, 6.07) is 5.06. The summed E-state index contributed by atoms with van der Waals surface area (Å²) in [5.74, 6) is 0.135. The van der Waals surface area contributed by atoms with Crippen LogP contribution in [0.5, 0.6) is 0 Å². The number of sulfonamides is 1. The number of carbonyl (C=O) groups is 1. The largest absolute Gasteiger partial charge is 0.343 e. The molecule has 5 nitrogen and oxygen atoms in total. The highest BCUT2D eigenvalue weighted by Gasteiger charge is 2.26.